The molecule has 0 saturated heterocycles. The number of hydrogen-bond acceptors (Lipinski definition) is 1. The van der Waals surface area contributed by atoms with Gasteiger partial charge in [-0.05, 0) is 48.2 Å². The molecule has 0 spiro atoms. The molecule has 0 radical (unpaired) electrons. The average Bonchev–Trinajstić information content (AvgIpc) is 3.30. The highest BCUT2D eigenvalue weighted by Gasteiger charge is 2.44. The molecular formula is C18H17Cl2NO. The van der Waals surface area contributed by atoms with Crippen LogP contribution in [0.25, 0.3) is 0 Å². The van der Waals surface area contributed by atoms with Crippen molar-refractivity contribution in [3.8, 4) is 0 Å². The quantitative estimate of drug-likeness (QED) is 0.864. The fourth-order valence-corrected chi connectivity index (χ4v) is 2.89. The number of carbonyl (C=O) groups excluding carboxylic acids is 1. The minimum absolute atomic E-state index is 0.0440. The van der Waals surface area contributed by atoms with Crippen LogP contribution in [0.1, 0.15) is 24.0 Å². The van der Waals surface area contributed by atoms with Crippen molar-refractivity contribution in [3.05, 3.63) is 69.7 Å². The standard InChI is InChI=1S/C18H17Cl2NO/c19-15-5-1-13(2-6-15)11-17(22)21-12-18(9-10-18)14-3-7-16(20)8-4-14/h1-8H,9-12H2,(H,21,22). The normalized spacial score (nSPS) is 15.4. The van der Waals surface area contributed by atoms with Crippen molar-refractivity contribution in [1.82, 2.24) is 5.32 Å². The molecule has 0 unspecified atom stereocenters. The maximum Gasteiger partial charge on any atom is 0.224 e. The topological polar surface area (TPSA) is 29.1 Å². The zero-order valence-corrected chi connectivity index (χ0v) is 13.6. The monoisotopic (exact) mass is 333 g/mol. The summed E-state index contributed by atoms with van der Waals surface area (Å²) in [7, 11) is 0. The van der Waals surface area contributed by atoms with E-state index in [2.05, 4.69) is 17.4 Å². The van der Waals surface area contributed by atoms with Gasteiger partial charge < -0.3 is 5.32 Å². The van der Waals surface area contributed by atoms with Crippen LogP contribution in [0.5, 0.6) is 0 Å². The minimum Gasteiger partial charge on any atom is -0.355 e. The van der Waals surface area contributed by atoms with Gasteiger partial charge in [-0.25, -0.2) is 0 Å². The molecule has 0 aliphatic heterocycles. The molecule has 22 heavy (non-hydrogen) atoms. The molecule has 0 bridgehead atoms. The second-order valence-electron chi connectivity index (χ2n) is 5.87. The second-order valence-corrected chi connectivity index (χ2v) is 6.74. The van der Waals surface area contributed by atoms with Gasteiger partial charge in [-0.2, -0.15) is 0 Å². The molecule has 1 saturated carbocycles. The van der Waals surface area contributed by atoms with Crippen LogP contribution in [0.15, 0.2) is 48.5 Å². The van der Waals surface area contributed by atoms with Crippen LogP contribution in [-0.2, 0) is 16.6 Å². The number of rotatable bonds is 5. The lowest BCUT2D eigenvalue weighted by atomic mass is 9.96. The molecule has 0 atom stereocenters. The summed E-state index contributed by atoms with van der Waals surface area (Å²) in [5.41, 5.74) is 2.32. The molecule has 2 aromatic rings. The Balaban J connectivity index is 1.56. The van der Waals surface area contributed by atoms with Gasteiger partial charge in [0, 0.05) is 22.0 Å². The summed E-state index contributed by atoms with van der Waals surface area (Å²) in [4.78, 5) is 12.1. The van der Waals surface area contributed by atoms with E-state index in [-0.39, 0.29) is 11.3 Å². The zero-order chi connectivity index (χ0) is 15.6. The van der Waals surface area contributed by atoms with Crippen molar-refractivity contribution < 1.29 is 4.79 Å². The molecule has 4 heteroatoms. The summed E-state index contributed by atoms with van der Waals surface area (Å²) in [5.74, 6) is 0.0440. The highest BCUT2D eigenvalue weighted by Crippen LogP contribution is 2.47. The van der Waals surface area contributed by atoms with Gasteiger partial charge in [-0.15, -0.1) is 0 Å². The van der Waals surface area contributed by atoms with E-state index >= 15 is 0 Å². The molecule has 2 aromatic carbocycles. The van der Waals surface area contributed by atoms with Crippen LogP contribution in [0, 0.1) is 0 Å². The zero-order valence-electron chi connectivity index (χ0n) is 12.1. The summed E-state index contributed by atoms with van der Waals surface area (Å²) in [6, 6.07) is 15.3. The maximum atomic E-state index is 12.1. The number of hydrogen-bond donors (Lipinski definition) is 1. The molecule has 1 fully saturated rings. The molecule has 1 aliphatic carbocycles. The molecule has 1 N–H and O–H groups in total. The van der Waals surface area contributed by atoms with Gasteiger partial charge in [0.05, 0.1) is 6.42 Å². The van der Waals surface area contributed by atoms with Gasteiger partial charge in [0.2, 0.25) is 5.91 Å². The fraction of sp³-hybridized carbons (Fsp3) is 0.278. The molecule has 114 valence electrons. The number of amides is 1. The Morgan fingerprint density at radius 2 is 1.50 bits per heavy atom. The first-order valence-corrected chi connectivity index (χ1v) is 8.10. The molecule has 2 nitrogen and oxygen atoms in total. The lowest BCUT2D eigenvalue weighted by Crippen LogP contribution is -2.33. The predicted molar refractivity (Wildman–Crippen MR) is 90.5 cm³/mol. The van der Waals surface area contributed by atoms with Crippen LogP contribution in [0.2, 0.25) is 10.0 Å². The SMILES string of the molecule is O=C(Cc1ccc(Cl)cc1)NCC1(c2ccc(Cl)cc2)CC1. The Morgan fingerprint density at radius 1 is 0.955 bits per heavy atom. The molecule has 0 heterocycles. The maximum absolute atomic E-state index is 12.1. The van der Waals surface area contributed by atoms with E-state index in [1.807, 2.05) is 24.3 Å². The summed E-state index contributed by atoms with van der Waals surface area (Å²) in [5, 5.41) is 4.48. The van der Waals surface area contributed by atoms with Crippen molar-refractivity contribution in [3.63, 3.8) is 0 Å². The first kappa shape index (κ1) is 15.4. The van der Waals surface area contributed by atoms with E-state index in [0.717, 1.165) is 23.4 Å². The van der Waals surface area contributed by atoms with E-state index in [1.165, 1.54) is 5.56 Å². The minimum atomic E-state index is 0.0440. The Bertz CT molecular complexity index is 660. The molecule has 0 aromatic heterocycles. The van der Waals surface area contributed by atoms with E-state index < -0.39 is 0 Å². The summed E-state index contributed by atoms with van der Waals surface area (Å²) in [6.45, 7) is 0.682. The molecule has 1 amide bonds. The highest BCUT2D eigenvalue weighted by atomic mass is 35.5. The van der Waals surface area contributed by atoms with E-state index in [4.69, 9.17) is 23.2 Å². The third-order valence-corrected chi connectivity index (χ3v) is 4.72. The van der Waals surface area contributed by atoms with Gasteiger partial charge in [-0.3, -0.25) is 4.79 Å². The van der Waals surface area contributed by atoms with Crippen molar-refractivity contribution in [2.24, 2.45) is 0 Å². The van der Waals surface area contributed by atoms with Gasteiger partial charge >= 0.3 is 0 Å². The summed E-state index contributed by atoms with van der Waals surface area (Å²) in [6.07, 6.45) is 2.60. The Kier molecular flexibility index (Phi) is 4.42. The number of benzene rings is 2. The van der Waals surface area contributed by atoms with Crippen LogP contribution < -0.4 is 5.32 Å². The van der Waals surface area contributed by atoms with E-state index in [0.29, 0.717) is 18.0 Å². The number of halogens is 2. The Morgan fingerprint density at radius 3 is 2.05 bits per heavy atom. The lowest BCUT2D eigenvalue weighted by molar-refractivity contribution is -0.120. The molecular weight excluding hydrogens is 317 g/mol. The Labute approximate surface area is 140 Å². The average molecular weight is 334 g/mol. The van der Waals surface area contributed by atoms with Crippen LogP contribution >= 0.6 is 23.2 Å². The Hall–Kier alpha value is -1.51. The second kappa shape index (κ2) is 6.31. The molecule has 1 aliphatic rings. The van der Waals surface area contributed by atoms with Crippen LogP contribution in [-0.4, -0.2) is 12.5 Å². The van der Waals surface area contributed by atoms with Crippen LogP contribution in [0.4, 0.5) is 0 Å². The third-order valence-electron chi connectivity index (χ3n) is 4.21. The van der Waals surface area contributed by atoms with Crippen LogP contribution in [0.3, 0.4) is 0 Å². The van der Waals surface area contributed by atoms with Gasteiger partial charge in [0.15, 0.2) is 0 Å². The van der Waals surface area contributed by atoms with E-state index in [1.54, 1.807) is 12.1 Å². The predicted octanol–water partition coefficient (Wildman–Crippen LogP) is 4.38. The lowest BCUT2D eigenvalue weighted by Gasteiger charge is -2.17. The van der Waals surface area contributed by atoms with Crippen molar-refractivity contribution >= 4 is 29.1 Å². The third kappa shape index (κ3) is 3.63. The van der Waals surface area contributed by atoms with Crippen molar-refractivity contribution in [2.45, 2.75) is 24.7 Å². The van der Waals surface area contributed by atoms with Gasteiger partial charge in [0.1, 0.15) is 0 Å². The summed E-state index contributed by atoms with van der Waals surface area (Å²) >= 11 is 11.8. The smallest absolute Gasteiger partial charge is 0.224 e. The fourth-order valence-electron chi connectivity index (χ4n) is 2.64. The number of carbonyl (C=O) groups is 1. The van der Waals surface area contributed by atoms with Gasteiger partial charge in [0.25, 0.3) is 0 Å². The first-order chi connectivity index (χ1) is 10.6. The molecule has 3 rings (SSSR count). The number of nitrogens with one attached hydrogen (secondary N) is 1. The van der Waals surface area contributed by atoms with Crippen molar-refractivity contribution in [1.29, 1.82) is 0 Å². The summed E-state index contributed by atoms with van der Waals surface area (Å²) < 4.78 is 0. The van der Waals surface area contributed by atoms with E-state index in [9.17, 15) is 4.79 Å². The van der Waals surface area contributed by atoms with Crippen molar-refractivity contribution in [2.75, 3.05) is 6.54 Å². The van der Waals surface area contributed by atoms with Gasteiger partial charge in [-0.1, -0.05) is 47.5 Å². The largest absolute Gasteiger partial charge is 0.355 e. The first-order valence-electron chi connectivity index (χ1n) is 7.35. The highest BCUT2D eigenvalue weighted by molar-refractivity contribution is 6.30.